The maximum Gasteiger partial charge on any atom is 0.330 e. The predicted molar refractivity (Wildman–Crippen MR) is 60.7 cm³/mol. The highest BCUT2D eigenvalue weighted by Gasteiger charge is 1.90. The second-order valence-electron chi connectivity index (χ2n) is 3.15. The van der Waals surface area contributed by atoms with Crippen LogP contribution in [0, 0.1) is 0 Å². The first-order valence-corrected chi connectivity index (χ1v) is 4.52. The number of nitrogens with one attached hydrogen (secondary N) is 1. The van der Waals surface area contributed by atoms with Crippen molar-refractivity contribution in [3.05, 3.63) is 48.7 Å². The molecule has 2 N–H and O–H groups in total. The van der Waals surface area contributed by atoms with E-state index in [2.05, 4.69) is 29.8 Å². The smallest absolute Gasteiger partial charge is 0.330 e. The maximum absolute atomic E-state index is 9.60. The topological polar surface area (TPSA) is 53.1 Å². The molecule has 78 valence electrons. The second-order valence-corrected chi connectivity index (χ2v) is 3.15. The van der Waals surface area contributed by atoms with Crippen molar-refractivity contribution in [3.63, 3.8) is 0 Å². The van der Waals surface area contributed by atoms with Crippen LogP contribution in [-0.2, 0) is 4.79 Å². The molecular weight excluding hydrogens is 190 g/mol. The quantitative estimate of drug-likeness (QED) is 0.700. The standard InChI is InChI=1S/C8H7N.C4H6O2/c1-2-4-8-7(3-1)5-6-9-8;1-3(2)4(5)6/h1-6,9H;1H2,2H3,(H,5,6). The average Bonchev–Trinajstić information content (AvgIpc) is 2.66. The summed E-state index contributed by atoms with van der Waals surface area (Å²) in [5, 5.41) is 9.17. The number of fused-ring (bicyclic) bond motifs is 1. The highest BCUT2D eigenvalue weighted by Crippen LogP contribution is 2.09. The van der Waals surface area contributed by atoms with Crippen LogP contribution in [0.2, 0.25) is 0 Å². The number of carboxylic acids is 1. The molecule has 3 nitrogen and oxygen atoms in total. The summed E-state index contributed by atoms with van der Waals surface area (Å²) in [6.07, 6.45) is 1.95. The minimum atomic E-state index is -0.935. The van der Waals surface area contributed by atoms with E-state index >= 15 is 0 Å². The molecule has 1 aromatic heterocycles. The van der Waals surface area contributed by atoms with Crippen LogP contribution in [0.1, 0.15) is 6.92 Å². The van der Waals surface area contributed by atoms with Gasteiger partial charge in [0.25, 0.3) is 0 Å². The lowest BCUT2D eigenvalue weighted by Gasteiger charge is -1.83. The third-order valence-electron chi connectivity index (χ3n) is 1.83. The van der Waals surface area contributed by atoms with Crippen molar-refractivity contribution in [1.29, 1.82) is 0 Å². The Morgan fingerprint density at radius 3 is 2.47 bits per heavy atom. The molecule has 0 unspecified atom stereocenters. The normalized spacial score (nSPS) is 9.13. The van der Waals surface area contributed by atoms with Crippen LogP contribution in [0.4, 0.5) is 0 Å². The Kier molecular flexibility index (Phi) is 3.68. The Labute approximate surface area is 88.1 Å². The molecule has 3 heteroatoms. The van der Waals surface area contributed by atoms with Gasteiger partial charge in [0.05, 0.1) is 0 Å². The molecule has 0 aliphatic carbocycles. The first-order chi connectivity index (χ1) is 7.11. The lowest BCUT2D eigenvalue weighted by Crippen LogP contribution is -1.92. The van der Waals surface area contributed by atoms with Crippen LogP contribution in [0.25, 0.3) is 10.9 Å². The van der Waals surface area contributed by atoms with E-state index in [1.165, 1.54) is 17.8 Å². The van der Waals surface area contributed by atoms with Gasteiger partial charge in [-0.3, -0.25) is 0 Å². The molecule has 2 rings (SSSR count). The minimum Gasteiger partial charge on any atom is -0.478 e. The number of hydrogen-bond donors (Lipinski definition) is 2. The molecular formula is C12H13NO2. The van der Waals surface area contributed by atoms with Gasteiger partial charge in [0.1, 0.15) is 0 Å². The first kappa shape index (κ1) is 11.0. The van der Waals surface area contributed by atoms with Crippen LogP contribution in [0.5, 0.6) is 0 Å². The SMILES string of the molecule is C=C(C)C(=O)O.c1ccc2[nH]ccc2c1. The van der Waals surface area contributed by atoms with Crippen LogP contribution in [0.15, 0.2) is 48.7 Å². The molecule has 0 saturated heterocycles. The summed E-state index contributed by atoms with van der Waals surface area (Å²) in [4.78, 5) is 12.7. The molecule has 0 aliphatic heterocycles. The summed E-state index contributed by atoms with van der Waals surface area (Å²) in [6, 6.07) is 10.3. The molecule has 15 heavy (non-hydrogen) atoms. The van der Waals surface area contributed by atoms with Gasteiger partial charge in [0.15, 0.2) is 0 Å². The monoisotopic (exact) mass is 203 g/mol. The van der Waals surface area contributed by atoms with Crippen molar-refractivity contribution in [2.24, 2.45) is 0 Å². The van der Waals surface area contributed by atoms with E-state index in [1.54, 1.807) is 0 Å². The zero-order valence-electron chi connectivity index (χ0n) is 8.53. The molecule has 0 bridgehead atoms. The largest absolute Gasteiger partial charge is 0.478 e. The molecule has 1 aromatic carbocycles. The molecule has 0 radical (unpaired) electrons. The number of hydrogen-bond acceptors (Lipinski definition) is 1. The molecule has 0 aliphatic rings. The summed E-state index contributed by atoms with van der Waals surface area (Å²) in [5.41, 5.74) is 1.38. The van der Waals surface area contributed by atoms with E-state index in [0.717, 1.165) is 0 Å². The molecule has 0 atom stereocenters. The van der Waals surface area contributed by atoms with Gasteiger partial charge in [0, 0.05) is 17.3 Å². The van der Waals surface area contributed by atoms with E-state index in [0.29, 0.717) is 0 Å². The third-order valence-corrected chi connectivity index (χ3v) is 1.83. The van der Waals surface area contributed by atoms with Crippen LogP contribution in [0.3, 0.4) is 0 Å². The van der Waals surface area contributed by atoms with Gasteiger partial charge in [-0.25, -0.2) is 4.79 Å². The van der Waals surface area contributed by atoms with Crippen molar-refractivity contribution in [2.45, 2.75) is 6.92 Å². The summed E-state index contributed by atoms with van der Waals surface area (Å²) in [5.74, 6) is -0.935. The van der Waals surface area contributed by atoms with Crippen LogP contribution >= 0.6 is 0 Å². The Bertz CT molecular complexity index is 429. The minimum absolute atomic E-state index is 0.176. The number of carbonyl (C=O) groups is 1. The molecule has 0 amide bonds. The maximum atomic E-state index is 9.60. The number of aliphatic carboxylic acids is 1. The summed E-state index contributed by atoms with van der Waals surface area (Å²) >= 11 is 0. The molecule has 0 spiro atoms. The Hall–Kier alpha value is -2.03. The second kappa shape index (κ2) is 5.00. The molecule has 0 fully saturated rings. The number of para-hydroxylation sites is 1. The fraction of sp³-hybridized carbons (Fsp3) is 0.0833. The third kappa shape index (κ3) is 3.31. The highest BCUT2D eigenvalue weighted by atomic mass is 16.4. The number of aromatic amines is 1. The van der Waals surface area contributed by atoms with Gasteiger partial charge in [-0.2, -0.15) is 0 Å². The van der Waals surface area contributed by atoms with Gasteiger partial charge < -0.3 is 10.1 Å². The van der Waals surface area contributed by atoms with Crippen molar-refractivity contribution >= 4 is 16.9 Å². The zero-order valence-corrected chi connectivity index (χ0v) is 8.53. The highest BCUT2D eigenvalue weighted by molar-refractivity contribution is 5.84. The fourth-order valence-corrected chi connectivity index (χ4v) is 0.995. The van der Waals surface area contributed by atoms with Crippen molar-refractivity contribution in [2.75, 3.05) is 0 Å². The molecule has 0 saturated carbocycles. The fourth-order valence-electron chi connectivity index (χ4n) is 0.995. The predicted octanol–water partition coefficient (Wildman–Crippen LogP) is 2.82. The van der Waals surface area contributed by atoms with Crippen molar-refractivity contribution < 1.29 is 9.90 Å². The lowest BCUT2D eigenvalue weighted by molar-refractivity contribution is -0.132. The lowest BCUT2D eigenvalue weighted by atomic mass is 10.3. The van der Waals surface area contributed by atoms with Gasteiger partial charge >= 0.3 is 5.97 Å². The van der Waals surface area contributed by atoms with Gasteiger partial charge in [-0.05, 0) is 24.4 Å². The summed E-state index contributed by atoms with van der Waals surface area (Å²) < 4.78 is 0. The van der Waals surface area contributed by atoms with Crippen LogP contribution in [-0.4, -0.2) is 16.1 Å². The number of benzene rings is 1. The Morgan fingerprint density at radius 1 is 1.33 bits per heavy atom. The van der Waals surface area contributed by atoms with E-state index < -0.39 is 5.97 Å². The summed E-state index contributed by atoms with van der Waals surface area (Å²) in [7, 11) is 0. The van der Waals surface area contributed by atoms with E-state index in [9.17, 15) is 4.79 Å². The van der Waals surface area contributed by atoms with Crippen molar-refractivity contribution in [1.82, 2.24) is 4.98 Å². The summed E-state index contributed by atoms with van der Waals surface area (Å²) in [6.45, 7) is 4.60. The van der Waals surface area contributed by atoms with E-state index in [1.807, 2.05) is 18.3 Å². The molecule has 1 heterocycles. The van der Waals surface area contributed by atoms with Crippen molar-refractivity contribution in [3.8, 4) is 0 Å². The van der Waals surface area contributed by atoms with E-state index in [-0.39, 0.29) is 5.57 Å². The van der Waals surface area contributed by atoms with E-state index in [4.69, 9.17) is 5.11 Å². The number of carboxylic acid groups (broad SMARTS) is 1. The molecule has 2 aromatic rings. The van der Waals surface area contributed by atoms with Gasteiger partial charge in [0.2, 0.25) is 0 Å². The number of H-pyrrole nitrogens is 1. The first-order valence-electron chi connectivity index (χ1n) is 4.52. The average molecular weight is 203 g/mol. The van der Waals surface area contributed by atoms with Crippen LogP contribution < -0.4 is 0 Å². The number of rotatable bonds is 1. The number of aromatic nitrogens is 1. The Balaban J connectivity index is 0.000000167. The zero-order chi connectivity index (χ0) is 11.3. The van der Waals surface area contributed by atoms with Gasteiger partial charge in [-0.15, -0.1) is 0 Å². The van der Waals surface area contributed by atoms with Gasteiger partial charge in [-0.1, -0.05) is 24.8 Å². The Morgan fingerprint density at radius 2 is 1.93 bits per heavy atom.